The molecule has 0 aromatic carbocycles. The molecule has 1 amide bonds. The van der Waals surface area contributed by atoms with E-state index in [1.54, 1.807) is 4.90 Å². The highest BCUT2D eigenvalue weighted by Crippen LogP contribution is 2.20. The summed E-state index contributed by atoms with van der Waals surface area (Å²) in [6.45, 7) is 1.07. The molecule has 2 heterocycles. The van der Waals surface area contributed by atoms with Gasteiger partial charge in [0.05, 0.1) is 17.3 Å². The second-order valence-electron chi connectivity index (χ2n) is 4.08. The van der Waals surface area contributed by atoms with Crippen LogP contribution in [0.1, 0.15) is 23.3 Å². The van der Waals surface area contributed by atoms with Gasteiger partial charge in [0.25, 0.3) is 5.91 Å². The van der Waals surface area contributed by atoms with E-state index in [9.17, 15) is 9.90 Å². The van der Waals surface area contributed by atoms with Crippen molar-refractivity contribution in [2.75, 3.05) is 19.3 Å². The van der Waals surface area contributed by atoms with Crippen molar-refractivity contribution in [3.8, 4) is 0 Å². The molecule has 0 spiro atoms. The molecule has 1 N–H and O–H groups in total. The number of carbonyl (C=O) groups excluding carboxylic acids is 1. The van der Waals surface area contributed by atoms with E-state index in [1.165, 1.54) is 18.0 Å². The Morgan fingerprint density at radius 3 is 2.83 bits per heavy atom. The molecule has 1 fully saturated rings. The van der Waals surface area contributed by atoms with Gasteiger partial charge in [-0.15, -0.1) is 0 Å². The third kappa shape index (κ3) is 2.93. The number of aromatic nitrogens is 2. The lowest BCUT2D eigenvalue weighted by atomic mass is 10.1. The number of aliphatic hydroxyl groups is 1. The Hall–Kier alpha value is -0.850. The Kier molecular flexibility index (Phi) is 4.42. The number of piperidine rings is 1. The first-order valence-corrected chi connectivity index (χ1v) is 7.26. The van der Waals surface area contributed by atoms with Gasteiger partial charge >= 0.3 is 0 Å². The van der Waals surface area contributed by atoms with Gasteiger partial charge in [-0.1, -0.05) is 23.4 Å². The number of likely N-dealkylation sites (tertiary alicyclic amines) is 1. The molecule has 0 aliphatic carbocycles. The minimum Gasteiger partial charge on any atom is -0.393 e. The van der Waals surface area contributed by atoms with Crippen molar-refractivity contribution in [2.45, 2.75) is 24.1 Å². The molecular weight excluding hydrogens is 274 g/mol. The van der Waals surface area contributed by atoms with Crippen LogP contribution in [0.25, 0.3) is 0 Å². The average molecular weight is 288 g/mol. The van der Waals surface area contributed by atoms with Gasteiger partial charge < -0.3 is 10.0 Å². The second kappa shape index (κ2) is 5.86. The molecule has 1 aromatic rings. The van der Waals surface area contributed by atoms with Crippen molar-refractivity contribution in [1.29, 1.82) is 0 Å². The Morgan fingerprint density at radius 1 is 1.56 bits per heavy atom. The maximum absolute atomic E-state index is 12.3. The van der Waals surface area contributed by atoms with E-state index in [-0.39, 0.29) is 22.7 Å². The van der Waals surface area contributed by atoms with Crippen molar-refractivity contribution in [3.63, 3.8) is 0 Å². The number of rotatable bonds is 2. The van der Waals surface area contributed by atoms with Crippen LogP contribution in [-0.2, 0) is 0 Å². The number of thioether (sulfide) groups is 1. The lowest BCUT2D eigenvalue weighted by molar-refractivity contribution is 0.0541. The van der Waals surface area contributed by atoms with E-state index in [2.05, 4.69) is 9.97 Å². The quantitative estimate of drug-likeness (QED) is 0.659. The zero-order valence-electron chi connectivity index (χ0n) is 9.97. The van der Waals surface area contributed by atoms with Crippen LogP contribution >= 0.6 is 23.4 Å². The first kappa shape index (κ1) is 13.6. The normalized spacial score (nSPS) is 16.9. The fourth-order valence-electron chi connectivity index (χ4n) is 1.82. The molecule has 1 aromatic heterocycles. The summed E-state index contributed by atoms with van der Waals surface area (Å²) >= 11 is 7.33. The number of hydrogen-bond acceptors (Lipinski definition) is 5. The fraction of sp³-hybridized carbons (Fsp3) is 0.545. The van der Waals surface area contributed by atoms with Crippen LogP contribution in [0.2, 0.25) is 5.02 Å². The number of hydrogen-bond donors (Lipinski definition) is 1. The molecule has 0 unspecified atom stereocenters. The predicted molar refractivity (Wildman–Crippen MR) is 70.0 cm³/mol. The summed E-state index contributed by atoms with van der Waals surface area (Å²) in [5.74, 6) is -0.190. The highest BCUT2D eigenvalue weighted by Gasteiger charge is 2.25. The number of aliphatic hydroxyl groups excluding tert-OH is 1. The Labute approximate surface area is 115 Å². The van der Waals surface area contributed by atoms with E-state index in [0.29, 0.717) is 31.1 Å². The maximum atomic E-state index is 12.3. The Bertz CT molecular complexity index is 450. The largest absolute Gasteiger partial charge is 0.393 e. The fourth-order valence-corrected chi connectivity index (χ4v) is 2.33. The predicted octanol–water partition coefficient (Wildman–Crippen LogP) is 1.45. The molecule has 1 saturated heterocycles. The highest BCUT2D eigenvalue weighted by atomic mass is 35.5. The molecule has 7 heteroatoms. The van der Waals surface area contributed by atoms with E-state index < -0.39 is 0 Å². The minimum atomic E-state index is -0.309. The van der Waals surface area contributed by atoms with E-state index in [0.717, 1.165) is 0 Å². The molecule has 0 atom stereocenters. The zero-order valence-corrected chi connectivity index (χ0v) is 11.5. The van der Waals surface area contributed by atoms with Gasteiger partial charge in [0.2, 0.25) is 0 Å². The summed E-state index contributed by atoms with van der Waals surface area (Å²) in [7, 11) is 0. The topological polar surface area (TPSA) is 66.3 Å². The summed E-state index contributed by atoms with van der Waals surface area (Å²) < 4.78 is 0. The second-order valence-corrected chi connectivity index (χ2v) is 5.26. The monoisotopic (exact) mass is 287 g/mol. The molecule has 5 nitrogen and oxygen atoms in total. The molecule has 1 aliphatic heterocycles. The average Bonchev–Trinajstić information content (AvgIpc) is 2.39. The SMILES string of the molecule is CSc1ncc(Cl)c(C(=O)N2CCC(O)CC2)n1. The van der Waals surface area contributed by atoms with Crippen LogP contribution in [-0.4, -0.2) is 51.3 Å². The molecule has 0 saturated carbocycles. The van der Waals surface area contributed by atoms with Gasteiger partial charge in [-0.2, -0.15) is 0 Å². The molecule has 0 radical (unpaired) electrons. The number of carbonyl (C=O) groups is 1. The first-order valence-electron chi connectivity index (χ1n) is 5.65. The lowest BCUT2D eigenvalue weighted by Gasteiger charge is -2.29. The first-order chi connectivity index (χ1) is 8.61. The van der Waals surface area contributed by atoms with Crippen LogP contribution in [0, 0.1) is 0 Å². The smallest absolute Gasteiger partial charge is 0.274 e. The standard InChI is InChI=1S/C11H14ClN3O2S/c1-18-11-13-6-8(12)9(14-11)10(17)15-4-2-7(16)3-5-15/h6-7,16H,2-5H2,1H3. The summed E-state index contributed by atoms with van der Waals surface area (Å²) in [5, 5.41) is 10.2. The number of amides is 1. The van der Waals surface area contributed by atoms with Crippen LogP contribution < -0.4 is 0 Å². The summed E-state index contributed by atoms with van der Waals surface area (Å²) in [6, 6.07) is 0. The van der Waals surface area contributed by atoms with Crippen molar-refractivity contribution < 1.29 is 9.90 Å². The summed E-state index contributed by atoms with van der Waals surface area (Å²) in [6.07, 6.45) is 4.19. The summed E-state index contributed by atoms with van der Waals surface area (Å²) in [4.78, 5) is 22.1. The van der Waals surface area contributed by atoms with Crippen LogP contribution in [0.4, 0.5) is 0 Å². The van der Waals surface area contributed by atoms with Gasteiger partial charge in [-0.25, -0.2) is 9.97 Å². The van der Waals surface area contributed by atoms with Crippen molar-refractivity contribution >= 4 is 29.3 Å². The Morgan fingerprint density at radius 2 is 2.22 bits per heavy atom. The van der Waals surface area contributed by atoms with Crippen molar-refractivity contribution in [3.05, 3.63) is 16.9 Å². The van der Waals surface area contributed by atoms with Gasteiger partial charge in [0.1, 0.15) is 0 Å². The molecule has 18 heavy (non-hydrogen) atoms. The van der Waals surface area contributed by atoms with Crippen molar-refractivity contribution in [2.24, 2.45) is 0 Å². The van der Waals surface area contributed by atoms with Crippen LogP contribution in [0.5, 0.6) is 0 Å². The summed E-state index contributed by atoms with van der Waals surface area (Å²) in [5.41, 5.74) is 0.243. The highest BCUT2D eigenvalue weighted by molar-refractivity contribution is 7.98. The number of nitrogens with zero attached hydrogens (tertiary/aromatic N) is 3. The van der Waals surface area contributed by atoms with E-state index in [1.807, 2.05) is 6.26 Å². The maximum Gasteiger partial charge on any atom is 0.274 e. The van der Waals surface area contributed by atoms with Gasteiger partial charge in [-0.3, -0.25) is 4.79 Å². The number of halogens is 1. The van der Waals surface area contributed by atoms with Gasteiger partial charge in [0.15, 0.2) is 10.9 Å². The molecule has 2 rings (SSSR count). The lowest BCUT2D eigenvalue weighted by Crippen LogP contribution is -2.40. The van der Waals surface area contributed by atoms with Crippen molar-refractivity contribution in [1.82, 2.24) is 14.9 Å². The zero-order chi connectivity index (χ0) is 13.1. The molecule has 0 bridgehead atoms. The van der Waals surface area contributed by atoms with Gasteiger partial charge in [0, 0.05) is 13.1 Å². The van der Waals surface area contributed by atoms with Crippen LogP contribution in [0.3, 0.4) is 0 Å². The van der Waals surface area contributed by atoms with Crippen LogP contribution in [0.15, 0.2) is 11.4 Å². The van der Waals surface area contributed by atoms with E-state index >= 15 is 0 Å². The Balaban J connectivity index is 2.17. The van der Waals surface area contributed by atoms with E-state index in [4.69, 9.17) is 11.6 Å². The molecule has 98 valence electrons. The third-order valence-electron chi connectivity index (χ3n) is 2.86. The van der Waals surface area contributed by atoms with Gasteiger partial charge in [-0.05, 0) is 19.1 Å². The minimum absolute atomic E-state index is 0.190. The molecule has 1 aliphatic rings. The molecular formula is C11H14ClN3O2S. The third-order valence-corrected chi connectivity index (χ3v) is 3.70.